The molecule has 0 atom stereocenters. The van der Waals surface area contributed by atoms with Gasteiger partial charge in [-0.25, -0.2) is 4.98 Å². The van der Waals surface area contributed by atoms with Gasteiger partial charge in [-0.05, 0) is 139 Å². The number of nitrogens with one attached hydrogen (secondary N) is 2. The third-order valence-electron chi connectivity index (χ3n) is 15.3. The van der Waals surface area contributed by atoms with Crippen molar-refractivity contribution in [2.75, 3.05) is 39.9 Å². The van der Waals surface area contributed by atoms with E-state index in [-0.39, 0.29) is 36.7 Å². The summed E-state index contributed by atoms with van der Waals surface area (Å²) >= 11 is 12.4. The zero-order chi connectivity index (χ0) is 60.9. The van der Waals surface area contributed by atoms with Crippen molar-refractivity contribution in [1.29, 1.82) is 0 Å². The Kier molecular flexibility index (Phi) is 17.1. The molecule has 11 aromatic rings. The number of benzene rings is 7. The van der Waals surface area contributed by atoms with Crippen LogP contribution in [0.2, 0.25) is 10.0 Å². The van der Waals surface area contributed by atoms with Crippen LogP contribution in [-0.4, -0.2) is 93.1 Å². The molecule has 20 heteroatoms. The lowest BCUT2D eigenvalue weighted by molar-refractivity contribution is -0.156. The number of aromatic nitrogens is 6. The average Bonchev–Trinajstić information content (AvgIpc) is 1.81. The lowest BCUT2D eigenvalue weighted by Crippen LogP contribution is -2.39. The van der Waals surface area contributed by atoms with Crippen molar-refractivity contribution in [2.24, 2.45) is 0 Å². The minimum absolute atomic E-state index is 0.000998. The summed E-state index contributed by atoms with van der Waals surface area (Å²) in [4.78, 5) is 83.6. The zero-order valence-electron chi connectivity index (χ0n) is 47.8. The number of anilines is 1. The first-order valence-electron chi connectivity index (χ1n) is 27.6. The average molecular weight is 1210 g/mol. The molecule has 18 nitrogen and oxygen atoms in total. The van der Waals surface area contributed by atoms with E-state index in [9.17, 15) is 24.0 Å². The van der Waals surface area contributed by atoms with Crippen molar-refractivity contribution in [3.63, 3.8) is 0 Å². The summed E-state index contributed by atoms with van der Waals surface area (Å²) < 4.78 is 39.5. The van der Waals surface area contributed by atoms with Crippen molar-refractivity contribution < 1.29 is 47.6 Å². The number of carbonyl (C=O) groups excluding carboxylic acids is 4. The van der Waals surface area contributed by atoms with Crippen molar-refractivity contribution in [3.8, 4) is 17.2 Å². The second-order valence-electron chi connectivity index (χ2n) is 20.5. The summed E-state index contributed by atoms with van der Waals surface area (Å²) in [7, 11) is 4.67. The highest BCUT2D eigenvalue weighted by atomic mass is 35.5. The molecule has 87 heavy (non-hydrogen) atoms. The van der Waals surface area contributed by atoms with Crippen LogP contribution >= 0.6 is 23.2 Å². The number of hydrogen-bond donors (Lipinski definition) is 2. The van der Waals surface area contributed by atoms with E-state index in [1.54, 1.807) is 106 Å². The van der Waals surface area contributed by atoms with Crippen LogP contribution in [0.1, 0.15) is 59.9 Å². The number of fused-ring (bicyclic) bond motifs is 3. The lowest BCUT2D eigenvalue weighted by atomic mass is 9.77. The van der Waals surface area contributed by atoms with E-state index in [2.05, 4.69) is 15.3 Å². The molecule has 7 aromatic carbocycles. The number of carbonyl (C=O) groups is 4. The second kappa shape index (κ2) is 25.3. The molecule has 0 spiro atoms. The summed E-state index contributed by atoms with van der Waals surface area (Å²) in [6.45, 7) is 2.37. The van der Waals surface area contributed by atoms with Crippen LogP contribution in [-0.2, 0) is 48.9 Å². The molecule has 440 valence electrons. The van der Waals surface area contributed by atoms with Crippen LogP contribution in [0, 0.1) is 13.8 Å². The molecule has 4 aromatic heterocycles. The fourth-order valence-electron chi connectivity index (χ4n) is 10.8. The Balaban J connectivity index is 0.911. The molecule has 0 saturated carbocycles. The Bertz CT molecular complexity index is 4220. The van der Waals surface area contributed by atoms with Crippen LogP contribution in [0.3, 0.4) is 0 Å². The maximum absolute atomic E-state index is 14.3. The number of esters is 2. The third kappa shape index (κ3) is 11.9. The first-order chi connectivity index (χ1) is 42.2. The number of hydrogen-bond acceptors (Lipinski definition) is 14. The summed E-state index contributed by atoms with van der Waals surface area (Å²) in [6, 6.07) is 50.5. The molecule has 0 unspecified atom stereocenters. The Morgan fingerprint density at radius 3 is 1.49 bits per heavy atom. The summed E-state index contributed by atoms with van der Waals surface area (Å²) in [6.07, 6.45) is -0.486. The second-order valence-corrected chi connectivity index (χ2v) is 21.4. The molecule has 11 rings (SSSR count). The van der Waals surface area contributed by atoms with Crippen molar-refractivity contribution >= 4 is 85.9 Å². The molecule has 4 heterocycles. The summed E-state index contributed by atoms with van der Waals surface area (Å²) in [5.41, 5.74) is 4.70. The minimum atomic E-state index is -1.16. The third-order valence-corrected chi connectivity index (χ3v) is 15.8. The van der Waals surface area contributed by atoms with Gasteiger partial charge in [0.25, 0.3) is 17.4 Å². The highest BCUT2D eigenvalue weighted by Crippen LogP contribution is 2.40. The topological polar surface area (TPSA) is 209 Å². The molecule has 0 fully saturated rings. The first kappa shape index (κ1) is 58.8. The molecular weight excluding hydrogens is 1150 g/mol. The van der Waals surface area contributed by atoms with E-state index in [1.165, 1.54) is 34.2 Å². The van der Waals surface area contributed by atoms with Gasteiger partial charge >= 0.3 is 11.9 Å². The van der Waals surface area contributed by atoms with Crippen LogP contribution in [0.15, 0.2) is 181 Å². The van der Waals surface area contributed by atoms with Crippen LogP contribution in [0.25, 0.3) is 33.0 Å². The van der Waals surface area contributed by atoms with Crippen LogP contribution in [0.4, 0.5) is 5.95 Å². The minimum Gasteiger partial charge on any atom is -0.497 e. The largest absolute Gasteiger partial charge is 0.497 e. The van der Waals surface area contributed by atoms with Gasteiger partial charge in [-0.3, -0.25) is 42.7 Å². The van der Waals surface area contributed by atoms with Gasteiger partial charge in [-0.1, -0.05) is 96.0 Å². The Hall–Kier alpha value is -10.0. The molecule has 0 bridgehead atoms. The predicted octanol–water partition coefficient (Wildman–Crippen LogP) is 11.7. The van der Waals surface area contributed by atoms with Gasteiger partial charge in [0.05, 0.1) is 51.5 Å². The molecule has 0 aliphatic heterocycles. The number of aromatic amines is 1. The Labute approximate surface area is 508 Å². The number of nitrogens with zero attached hydrogens (tertiary/aromatic N) is 5. The number of methoxy groups -OCH3 is 3. The van der Waals surface area contributed by atoms with Crippen LogP contribution < -0.4 is 25.1 Å². The van der Waals surface area contributed by atoms with Gasteiger partial charge in [0.2, 0.25) is 5.95 Å². The van der Waals surface area contributed by atoms with Gasteiger partial charge in [0.15, 0.2) is 11.2 Å². The van der Waals surface area contributed by atoms with E-state index in [0.717, 1.165) is 16.7 Å². The molecular formula is C67H57Cl2N7O11. The van der Waals surface area contributed by atoms with E-state index in [1.807, 2.05) is 84.9 Å². The molecule has 2 N–H and O–H groups in total. The molecule has 0 aliphatic carbocycles. The van der Waals surface area contributed by atoms with Crippen LogP contribution in [0.5, 0.6) is 17.2 Å². The number of aryl methyl sites for hydroxylation is 2. The fraction of sp³-hybridized carbons (Fsp3) is 0.179. The van der Waals surface area contributed by atoms with Gasteiger partial charge in [0, 0.05) is 43.3 Å². The monoisotopic (exact) mass is 1210 g/mol. The number of ether oxygens (including phenoxy) is 6. The van der Waals surface area contributed by atoms with Crippen molar-refractivity contribution in [3.05, 3.63) is 247 Å². The Morgan fingerprint density at radius 1 is 0.586 bits per heavy atom. The number of H-pyrrole nitrogens is 1. The van der Waals surface area contributed by atoms with Crippen molar-refractivity contribution in [2.45, 2.75) is 45.1 Å². The van der Waals surface area contributed by atoms with Gasteiger partial charge in [-0.2, -0.15) is 4.98 Å². The van der Waals surface area contributed by atoms with Gasteiger partial charge in [0.1, 0.15) is 48.8 Å². The van der Waals surface area contributed by atoms with E-state index in [0.29, 0.717) is 82.7 Å². The standard InChI is InChI=1S/C67H57Cl2N7O11/c1-40-53-32-50(83-4)28-30-55(53)75(64(80)42-16-22-47(68)23-17-42)57(40)34-59(77)85-36-52(37-86-60(78)35-58-41(2)54-33-51(84-5)29-31-56(54)76(58)65(81)43-18-24-48(69)25-19-43)87-39-74-38-70-61-62(74)71-66(72-63(61)79)73-67(44-12-8-6-9-13-44,45-14-10-7-11-15-45)46-20-26-49(82-3)27-21-46/h6-33,38,52H,34-37,39H2,1-5H3,(H2,71,72,73,79). The highest BCUT2D eigenvalue weighted by molar-refractivity contribution is 6.31. The number of halogens is 2. The van der Waals surface area contributed by atoms with E-state index < -0.39 is 54.2 Å². The van der Waals surface area contributed by atoms with E-state index in [4.69, 9.17) is 56.6 Å². The number of rotatable bonds is 21. The lowest BCUT2D eigenvalue weighted by Gasteiger charge is -2.37. The van der Waals surface area contributed by atoms with E-state index >= 15 is 0 Å². The Morgan fingerprint density at radius 2 is 1.03 bits per heavy atom. The fourth-order valence-corrected chi connectivity index (χ4v) is 11.1. The zero-order valence-corrected chi connectivity index (χ0v) is 49.4. The smallest absolute Gasteiger partial charge is 0.311 e. The normalized spacial score (nSPS) is 11.5. The number of imidazole rings is 1. The molecule has 0 aliphatic rings. The summed E-state index contributed by atoms with van der Waals surface area (Å²) in [5.74, 6) is -0.426. The SMILES string of the molecule is COc1ccc(C(Nc2nc3c(ncn3COC(COC(=O)Cc3c(C)c4cc(OC)ccc4n3C(=O)c3ccc(Cl)cc3)COC(=O)Cc3c(C)c4cc(OC)ccc4n3C(=O)c3ccc(Cl)cc3)c(=O)[nH]2)(c2ccccc2)c2ccccc2)cc1. The molecule has 0 radical (unpaired) electrons. The molecule has 0 amide bonds. The van der Waals surface area contributed by atoms with Gasteiger partial charge in [-0.15, -0.1) is 0 Å². The predicted molar refractivity (Wildman–Crippen MR) is 331 cm³/mol. The quantitative estimate of drug-likeness (QED) is 0.0507. The maximum atomic E-state index is 14.3. The van der Waals surface area contributed by atoms with Gasteiger partial charge < -0.3 is 33.7 Å². The van der Waals surface area contributed by atoms with Crippen molar-refractivity contribution in [1.82, 2.24) is 28.7 Å². The first-order valence-corrected chi connectivity index (χ1v) is 28.3. The highest BCUT2D eigenvalue weighted by Gasteiger charge is 2.38. The summed E-state index contributed by atoms with van der Waals surface area (Å²) in [5, 5.41) is 5.86. The molecule has 0 saturated heterocycles. The maximum Gasteiger partial charge on any atom is 0.311 e.